The molecule has 0 atom stereocenters. The van der Waals surface area contributed by atoms with Crippen molar-refractivity contribution in [3.63, 3.8) is 0 Å². The van der Waals surface area contributed by atoms with Crippen molar-refractivity contribution in [3.8, 4) is 0 Å². The molecule has 0 saturated carbocycles. The van der Waals surface area contributed by atoms with Crippen LogP contribution in [0.2, 0.25) is 0 Å². The maximum absolute atomic E-state index is 9.68. The van der Waals surface area contributed by atoms with Gasteiger partial charge in [0, 0.05) is 6.42 Å². The number of carbonyl (C=O) groups is 1. The van der Waals surface area contributed by atoms with Crippen LogP contribution in [0.3, 0.4) is 0 Å². The Hall–Kier alpha value is -0.180. The molecule has 68 valence electrons. The minimum Gasteiger partial charge on any atom is -0.326 e. The second kappa shape index (κ2) is 12.5. The van der Waals surface area contributed by atoms with E-state index in [9.17, 15) is 4.79 Å². The fourth-order valence-electron chi connectivity index (χ4n) is 0.478. The van der Waals surface area contributed by atoms with Gasteiger partial charge in [-0.1, -0.05) is 19.8 Å². The molecule has 0 aromatic rings. The van der Waals surface area contributed by atoms with Crippen molar-refractivity contribution in [1.29, 1.82) is 0 Å². The van der Waals surface area contributed by atoms with Crippen molar-refractivity contribution in [2.75, 3.05) is 0 Å². The highest BCUT2D eigenvalue weighted by atomic mass is 31.1. The largest absolute Gasteiger partial charge is 0.326 e. The first-order valence-corrected chi connectivity index (χ1v) is 4.81. The molecule has 0 bridgehead atoms. The maximum atomic E-state index is 9.68. The zero-order valence-electron chi connectivity index (χ0n) is 6.62. The summed E-state index contributed by atoms with van der Waals surface area (Å²) in [4.78, 5) is 24.0. The Morgan fingerprint density at radius 3 is 2.09 bits per heavy atom. The number of hydrogen-bond donors (Lipinski definition) is 2. The first-order chi connectivity index (χ1) is 5.15. The summed E-state index contributed by atoms with van der Waals surface area (Å²) in [6.45, 7) is 2.13. The highest BCUT2D eigenvalue weighted by Crippen LogP contribution is 1.98. The average molecular weight is 182 g/mol. The molecule has 4 nitrogen and oxygen atoms in total. The van der Waals surface area contributed by atoms with E-state index in [1.165, 1.54) is 12.8 Å². The molecule has 0 aliphatic rings. The minimum atomic E-state index is -3.13. The van der Waals surface area contributed by atoms with Gasteiger partial charge >= 0.3 is 8.25 Å². The van der Waals surface area contributed by atoms with E-state index in [4.69, 9.17) is 14.4 Å². The summed E-state index contributed by atoms with van der Waals surface area (Å²) in [5.41, 5.74) is 0. The molecule has 0 heterocycles. The first-order valence-electron chi connectivity index (χ1n) is 3.50. The lowest BCUT2D eigenvalue weighted by Crippen LogP contribution is -1.73. The lowest BCUT2D eigenvalue weighted by molar-refractivity contribution is -0.107. The van der Waals surface area contributed by atoms with Gasteiger partial charge in [0.1, 0.15) is 6.29 Å². The molecule has 0 aromatic carbocycles. The summed E-state index contributed by atoms with van der Waals surface area (Å²) >= 11 is 0. The van der Waals surface area contributed by atoms with Gasteiger partial charge in [0.2, 0.25) is 0 Å². The van der Waals surface area contributed by atoms with Crippen molar-refractivity contribution in [3.05, 3.63) is 0 Å². The van der Waals surface area contributed by atoms with E-state index in [2.05, 4.69) is 6.92 Å². The highest BCUT2D eigenvalue weighted by Gasteiger charge is 1.80. The molecule has 0 fully saturated rings. The van der Waals surface area contributed by atoms with Crippen LogP contribution >= 0.6 is 8.25 Å². The highest BCUT2D eigenvalue weighted by molar-refractivity contribution is 7.30. The van der Waals surface area contributed by atoms with Gasteiger partial charge in [-0.2, -0.15) is 0 Å². The lowest BCUT2D eigenvalue weighted by Gasteiger charge is -1.85. The summed E-state index contributed by atoms with van der Waals surface area (Å²) < 4.78 is 8.74. The molecule has 0 aromatic heterocycles. The van der Waals surface area contributed by atoms with E-state index >= 15 is 0 Å². The number of hydrogen-bond acceptors (Lipinski definition) is 2. The quantitative estimate of drug-likeness (QED) is 0.388. The predicted molar refractivity (Wildman–Crippen MR) is 43.6 cm³/mol. The van der Waals surface area contributed by atoms with Crippen LogP contribution in [0.5, 0.6) is 0 Å². The third kappa shape index (κ3) is 41.2. The lowest BCUT2D eigenvalue weighted by atomic mass is 10.2. The van der Waals surface area contributed by atoms with E-state index in [1.807, 2.05) is 0 Å². The average Bonchev–Trinajstić information content (AvgIpc) is 1.88. The Kier molecular flexibility index (Phi) is 15.2. The molecule has 0 rings (SSSR count). The Bertz CT molecular complexity index is 101. The van der Waals surface area contributed by atoms with Crippen LogP contribution in [0.1, 0.15) is 32.6 Å². The van der Waals surface area contributed by atoms with Crippen molar-refractivity contribution in [2.24, 2.45) is 0 Å². The summed E-state index contributed by atoms with van der Waals surface area (Å²) in [6, 6.07) is 0. The molecule has 0 saturated heterocycles. The molecule has 0 radical (unpaired) electrons. The fourth-order valence-corrected chi connectivity index (χ4v) is 0.478. The molecule has 0 spiro atoms. The molecule has 0 aliphatic carbocycles. The SMILES string of the molecule is CCCCCC=O.O=[PH](O)O. The van der Waals surface area contributed by atoms with Crippen LogP contribution in [0.4, 0.5) is 0 Å². The van der Waals surface area contributed by atoms with Crippen LogP contribution in [0, 0.1) is 0 Å². The van der Waals surface area contributed by atoms with E-state index in [1.54, 1.807) is 0 Å². The molecule has 5 heteroatoms. The first kappa shape index (κ1) is 13.4. The Labute approximate surface area is 67.2 Å². The van der Waals surface area contributed by atoms with Crippen molar-refractivity contribution in [1.82, 2.24) is 0 Å². The van der Waals surface area contributed by atoms with Gasteiger partial charge < -0.3 is 14.6 Å². The van der Waals surface area contributed by atoms with Crippen LogP contribution in [-0.4, -0.2) is 16.1 Å². The van der Waals surface area contributed by atoms with Gasteiger partial charge in [-0.05, 0) is 6.42 Å². The van der Waals surface area contributed by atoms with Crippen molar-refractivity contribution in [2.45, 2.75) is 32.6 Å². The number of aldehydes is 1. The fraction of sp³-hybridized carbons (Fsp3) is 0.833. The van der Waals surface area contributed by atoms with Gasteiger partial charge in [0.15, 0.2) is 0 Å². The molecule has 0 aliphatic heterocycles. The zero-order valence-corrected chi connectivity index (χ0v) is 7.62. The monoisotopic (exact) mass is 182 g/mol. The van der Waals surface area contributed by atoms with Crippen LogP contribution in [0.15, 0.2) is 0 Å². The van der Waals surface area contributed by atoms with Gasteiger partial charge in [0.25, 0.3) is 0 Å². The van der Waals surface area contributed by atoms with E-state index in [0.29, 0.717) is 0 Å². The second-order valence-corrected chi connectivity index (χ2v) is 2.51. The Morgan fingerprint density at radius 2 is 1.82 bits per heavy atom. The number of carbonyl (C=O) groups excluding carboxylic acids is 1. The van der Waals surface area contributed by atoms with E-state index in [-0.39, 0.29) is 0 Å². The predicted octanol–water partition coefficient (Wildman–Crippen LogP) is 1.13. The third-order valence-electron chi connectivity index (χ3n) is 0.926. The minimum absolute atomic E-state index is 0.744. The standard InChI is InChI=1S/C6H12O.H3O3P/c1-2-3-4-5-6-7;1-4(2)3/h6H,2-5H2,1H3;4H,(H2,1,2,3). The normalized spacial score (nSPS) is 8.73. The molecular formula is C6H15O4P. The van der Waals surface area contributed by atoms with Crippen molar-refractivity contribution >= 4 is 14.5 Å². The summed E-state index contributed by atoms with van der Waals surface area (Å²) in [5.74, 6) is 0. The molecule has 0 unspecified atom stereocenters. The second-order valence-electron chi connectivity index (χ2n) is 1.95. The van der Waals surface area contributed by atoms with Crippen molar-refractivity contribution < 1.29 is 19.1 Å². The topological polar surface area (TPSA) is 74.6 Å². The van der Waals surface area contributed by atoms with Gasteiger partial charge in [-0.3, -0.25) is 4.57 Å². The summed E-state index contributed by atoms with van der Waals surface area (Å²) in [5, 5.41) is 0. The molecule has 11 heavy (non-hydrogen) atoms. The number of unbranched alkanes of at least 4 members (excludes halogenated alkanes) is 3. The smallest absolute Gasteiger partial charge is 0.314 e. The van der Waals surface area contributed by atoms with E-state index < -0.39 is 8.25 Å². The van der Waals surface area contributed by atoms with Crippen LogP contribution in [0.25, 0.3) is 0 Å². The summed E-state index contributed by atoms with van der Waals surface area (Å²) in [7, 11) is -3.13. The van der Waals surface area contributed by atoms with Gasteiger partial charge in [-0.25, -0.2) is 0 Å². The Balaban J connectivity index is 0. The maximum Gasteiger partial charge on any atom is 0.314 e. The third-order valence-corrected chi connectivity index (χ3v) is 0.926. The molecule has 0 amide bonds. The van der Waals surface area contributed by atoms with Gasteiger partial charge in [-0.15, -0.1) is 0 Å². The van der Waals surface area contributed by atoms with E-state index in [0.717, 1.165) is 19.1 Å². The Morgan fingerprint density at radius 1 is 1.36 bits per heavy atom. The summed E-state index contributed by atoms with van der Waals surface area (Å²) in [6.07, 6.45) is 5.19. The zero-order chi connectivity index (χ0) is 9.11. The van der Waals surface area contributed by atoms with Gasteiger partial charge in [0.05, 0.1) is 0 Å². The van der Waals surface area contributed by atoms with Crippen LogP contribution < -0.4 is 0 Å². The molecular weight excluding hydrogens is 167 g/mol. The van der Waals surface area contributed by atoms with Crippen LogP contribution in [-0.2, 0) is 9.36 Å². The molecule has 2 N–H and O–H groups in total. The number of rotatable bonds is 4.